The summed E-state index contributed by atoms with van der Waals surface area (Å²) < 4.78 is 10.3. The molecular weight excluding hydrogens is 234 g/mol. The van der Waals surface area contributed by atoms with E-state index in [4.69, 9.17) is 9.47 Å². The molecule has 1 rings (SSSR count). The Labute approximate surface area is 109 Å². The zero-order chi connectivity index (χ0) is 13.8. The summed E-state index contributed by atoms with van der Waals surface area (Å²) in [4.78, 5) is 13.5. The minimum absolute atomic E-state index is 0.295. The second-order valence-electron chi connectivity index (χ2n) is 5.93. The predicted molar refractivity (Wildman–Crippen MR) is 68.5 cm³/mol. The fraction of sp³-hybridized carbons (Fsp3) is 0.923. The monoisotopic (exact) mass is 259 g/mol. The van der Waals surface area contributed by atoms with Crippen LogP contribution in [0.3, 0.4) is 0 Å². The normalized spacial score (nSPS) is 19.7. The molecule has 1 aliphatic heterocycles. The lowest BCUT2D eigenvalue weighted by Crippen LogP contribution is -2.48. The van der Waals surface area contributed by atoms with Crippen LogP contribution in [0.2, 0.25) is 0 Å². The van der Waals surface area contributed by atoms with Gasteiger partial charge in [-0.25, -0.2) is 4.79 Å². The fourth-order valence-electron chi connectivity index (χ4n) is 1.97. The summed E-state index contributed by atoms with van der Waals surface area (Å²) in [5.74, 6) is 0. The van der Waals surface area contributed by atoms with Gasteiger partial charge in [-0.05, 0) is 40.0 Å². The van der Waals surface area contributed by atoms with E-state index in [2.05, 4.69) is 0 Å². The zero-order valence-corrected chi connectivity index (χ0v) is 11.9. The Morgan fingerprint density at radius 3 is 2.33 bits per heavy atom. The number of hydrogen-bond donors (Lipinski definition) is 1. The van der Waals surface area contributed by atoms with Crippen LogP contribution in [-0.2, 0) is 9.47 Å². The zero-order valence-electron chi connectivity index (χ0n) is 11.9. The molecule has 1 heterocycles. The standard InChI is InChI=1S/C13H25NO4/c1-12(2,3)18-11(15)14-8-5-13(16,6-9-14)7-10-17-4/h16H,5-10H2,1-4H3. The highest BCUT2D eigenvalue weighted by Crippen LogP contribution is 2.26. The number of rotatable bonds is 3. The second-order valence-corrected chi connectivity index (χ2v) is 5.93. The van der Waals surface area contributed by atoms with Gasteiger partial charge in [0.25, 0.3) is 0 Å². The van der Waals surface area contributed by atoms with Crippen LogP contribution in [0.25, 0.3) is 0 Å². The number of amides is 1. The summed E-state index contributed by atoms with van der Waals surface area (Å²) in [6, 6.07) is 0. The first-order chi connectivity index (χ1) is 8.26. The fourth-order valence-corrected chi connectivity index (χ4v) is 1.97. The van der Waals surface area contributed by atoms with Crippen LogP contribution in [0, 0.1) is 0 Å². The Bertz CT molecular complexity index is 277. The molecule has 5 heteroatoms. The lowest BCUT2D eigenvalue weighted by molar-refractivity contribution is -0.0467. The second kappa shape index (κ2) is 5.89. The summed E-state index contributed by atoms with van der Waals surface area (Å²) in [6.45, 7) is 7.17. The Balaban J connectivity index is 2.41. The lowest BCUT2D eigenvalue weighted by Gasteiger charge is -2.38. The first kappa shape index (κ1) is 15.2. The van der Waals surface area contributed by atoms with Gasteiger partial charge in [-0.2, -0.15) is 0 Å². The number of aliphatic hydroxyl groups is 1. The highest BCUT2D eigenvalue weighted by atomic mass is 16.6. The first-order valence-corrected chi connectivity index (χ1v) is 6.45. The quantitative estimate of drug-likeness (QED) is 0.839. The van der Waals surface area contributed by atoms with Crippen molar-refractivity contribution in [3.8, 4) is 0 Å². The topological polar surface area (TPSA) is 59.0 Å². The van der Waals surface area contributed by atoms with E-state index in [9.17, 15) is 9.90 Å². The van der Waals surface area contributed by atoms with E-state index in [1.807, 2.05) is 20.8 Å². The van der Waals surface area contributed by atoms with Gasteiger partial charge in [0.15, 0.2) is 0 Å². The molecule has 106 valence electrons. The number of piperidine rings is 1. The van der Waals surface area contributed by atoms with Gasteiger partial charge in [-0.1, -0.05) is 0 Å². The average molecular weight is 259 g/mol. The van der Waals surface area contributed by atoms with Crippen molar-refractivity contribution in [3.63, 3.8) is 0 Å². The van der Waals surface area contributed by atoms with Crippen molar-refractivity contribution < 1.29 is 19.4 Å². The van der Waals surface area contributed by atoms with E-state index in [1.54, 1.807) is 12.0 Å². The molecule has 0 atom stereocenters. The third kappa shape index (κ3) is 4.82. The first-order valence-electron chi connectivity index (χ1n) is 6.45. The molecule has 0 aromatic heterocycles. The van der Waals surface area contributed by atoms with Crippen molar-refractivity contribution >= 4 is 6.09 Å². The SMILES string of the molecule is COCCC1(O)CCN(C(=O)OC(C)(C)C)CC1. The molecule has 0 radical (unpaired) electrons. The van der Waals surface area contributed by atoms with Gasteiger partial charge < -0.3 is 19.5 Å². The molecule has 0 aliphatic carbocycles. The van der Waals surface area contributed by atoms with E-state index in [1.165, 1.54) is 0 Å². The van der Waals surface area contributed by atoms with Gasteiger partial charge in [0.05, 0.1) is 5.60 Å². The number of ether oxygens (including phenoxy) is 2. The Morgan fingerprint density at radius 2 is 1.89 bits per heavy atom. The molecule has 1 amide bonds. The van der Waals surface area contributed by atoms with Crippen LogP contribution >= 0.6 is 0 Å². The maximum absolute atomic E-state index is 11.8. The Hall–Kier alpha value is -0.810. The van der Waals surface area contributed by atoms with Gasteiger partial charge >= 0.3 is 6.09 Å². The molecule has 1 aliphatic rings. The van der Waals surface area contributed by atoms with Crippen LogP contribution in [0.5, 0.6) is 0 Å². The summed E-state index contributed by atoms with van der Waals surface area (Å²) in [5.41, 5.74) is -1.17. The predicted octanol–water partition coefficient (Wildman–Crippen LogP) is 1.78. The van der Waals surface area contributed by atoms with Gasteiger partial charge in [0.2, 0.25) is 0 Å². The number of carbonyl (C=O) groups is 1. The minimum Gasteiger partial charge on any atom is -0.444 e. The highest BCUT2D eigenvalue weighted by Gasteiger charge is 2.34. The van der Waals surface area contributed by atoms with E-state index in [-0.39, 0.29) is 6.09 Å². The van der Waals surface area contributed by atoms with Gasteiger partial charge in [0, 0.05) is 26.8 Å². The molecular formula is C13H25NO4. The summed E-state index contributed by atoms with van der Waals surface area (Å²) in [6.07, 6.45) is 1.48. The highest BCUT2D eigenvalue weighted by molar-refractivity contribution is 5.68. The third-order valence-corrected chi connectivity index (χ3v) is 3.12. The molecule has 0 unspecified atom stereocenters. The van der Waals surface area contributed by atoms with Crippen molar-refractivity contribution in [1.82, 2.24) is 4.90 Å². The van der Waals surface area contributed by atoms with E-state index in [0.29, 0.717) is 39.0 Å². The molecule has 1 saturated heterocycles. The molecule has 0 spiro atoms. The smallest absolute Gasteiger partial charge is 0.410 e. The molecule has 1 fully saturated rings. The lowest BCUT2D eigenvalue weighted by atomic mass is 9.89. The third-order valence-electron chi connectivity index (χ3n) is 3.12. The minimum atomic E-state index is -0.700. The Morgan fingerprint density at radius 1 is 1.33 bits per heavy atom. The van der Waals surface area contributed by atoms with Gasteiger partial charge in [0.1, 0.15) is 5.60 Å². The van der Waals surface area contributed by atoms with Crippen LogP contribution in [-0.4, -0.2) is 54.1 Å². The number of hydrogen-bond acceptors (Lipinski definition) is 4. The molecule has 0 bridgehead atoms. The summed E-state index contributed by atoms with van der Waals surface area (Å²) >= 11 is 0. The molecule has 18 heavy (non-hydrogen) atoms. The number of carbonyl (C=O) groups excluding carboxylic acids is 1. The number of methoxy groups -OCH3 is 1. The number of likely N-dealkylation sites (tertiary alicyclic amines) is 1. The van der Waals surface area contributed by atoms with Crippen molar-refractivity contribution in [2.75, 3.05) is 26.8 Å². The van der Waals surface area contributed by atoms with Crippen molar-refractivity contribution in [2.45, 2.75) is 51.2 Å². The maximum atomic E-state index is 11.8. The van der Waals surface area contributed by atoms with E-state index >= 15 is 0 Å². The van der Waals surface area contributed by atoms with Gasteiger partial charge in [-0.15, -0.1) is 0 Å². The van der Waals surface area contributed by atoms with Crippen molar-refractivity contribution in [3.05, 3.63) is 0 Å². The van der Waals surface area contributed by atoms with E-state index < -0.39 is 11.2 Å². The molecule has 0 aromatic rings. The summed E-state index contributed by atoms with van der Waals surface area (Å²) in [7, 11) is 1.62. The largest absolute Gasteiger partial charge is 0.444 e. The van der Waals surface area contributed by atoms with E-state index in [0.717, 1.165) is 0 Å². The maximum Gasteiger partial charge on any atom is 0.410 e. The Kier molecular flexibility index (Phi) is 4.99. The molecule has 0 aromatic carbocycles. The molecule has 1 N–H and O–H groups in total. The number of nitrogens with zero attached hydrogens (tertiary/aromatic N) is 1. The van der Waals surface area contributed by atoms with Gasteiger partial charge in [-0.3, -0.25) is 0 Å². The van der Waals surface area contributed by atoms with Crippen LogP contribution < -0.4 is 0 Å². The van der Waals surface area contributed by atoms with Crippen molar-refractivity contribution in [1.29, 1.82) is 0 Å². The molecule has 0 saturated carbocycles. The van der Waals surface area contributed by atoms with Crippen LogP contribution in [0.15, 0.2) is 0 Å². The van der Waals surface area contributed by atoms with Crippen molar-refractivity contribution in [2.24, 2.45) is 0 Å². The van der Waals surface area contributed by atoms with Crippen LogP contribution in [0.1, 0.15) is 40.0 Å². The molecule has 5 nitrogen and oxygen atoms in total. The van der Waals surface area contributed by atoms with Crippen LogP contribution in [0.4, 0.5) is 4.79 Å². The average Bonchev–Trinajstić information content (AvgIpc) is 2.25. The summed E-state index contributed by atoms with van der Waals surface area (Å²) in [5, 5.41) is 10.3.